The van der Waals surface area contributed by atoms with E-state index in [9.17, 15) is 9.59 Å². The first-order chi connectivity index (χ1) is 7.53. The number of hydrogen-bond donors (Lipinski definition) is 0. The molecular formula is C12H18O4. The van der Waals surface area contributed by atoms with E-state index in [2.05, 4.69) is 13.2 Å². The minimum absolute atomic E-state index is 0.389. The van der Waals surface area contributed by atoms with Gasteiger partial charge in [-0.2, -0.15) is 0 Å². The fourth-order valence-electron chi connectivity index (χ4n) is 1.27. The molecule has 0 rings (SSSR count). The van der Waals surface area contributed by atoms with E-state index < -0.39 is 17.7 Å². The molecule has 0 saturated heterocycles. The van der Waals surface area contributed by atoms with E-state index in [1.807, 2.05) is 6.92 Å². The van der Waals surface area contributed by atoms with Gasteiger partial charge in [-0.05, 0) is 6.42 Å². The van der Waals surface area contributed by atoms with Crippen molar-refractivity contribution in [2.24, 2.45) is 0 Å². The fourth-order valence-corrected chi connectivity index (χ4v) is 1.27. The maximum absolute atomic E-state index is 11.2. The molecule has 0 aromatic carbocycles. The first-order valence-corrected chi connectivity index (χ1v) is 5.24. The van der Waals surface area contributed by atoms with Crippen molar-refractivity contribution in [1.29, 1.82) is 0 Å². The summed E-state index contributed by atoms with van der Waals surface area (Å²) in [6.45, 7) is 10.3. The third-order valence-corrected chi connectivity index (χ3v) is 2.08. The molecule has 90 valence electrons. The lowest BCUT2D eigenvalue weighted by Gasteiger charge is -2.30. The minimum atomic E-state index is -1.20. The smallest absolute Gasteiger partial charge is 0.333 e. The van der Waals surface area contributed by atoms with Crippen LogP contribution < -0.4 is 0 Å². The van der Waals surface area contributed by atoms with Crippen LogP contribution in [0.1, 0.15) is 33.1 Å². The molecule has 0 spiro atoms. The topological polar surface area (TPSA) is 52.6 Å². The lowest BCUT2D eigenvalue weighted by molar-refractivity contribution is -0.226. The Bertz CT molecular complexity index is 259. The molecule has 0 heterocycles. The van der Waals surface area contributed by atoms with E-state index in [1.54, 1.807) is 6.92 Å². The van der Waals surface area contributed by atoms with Crippen molar-refractivity contribution in [1.82, 2.24) is 0 Å². The van der Waals surface area contributed by atoms with Gasteiger partial charge in [-0.3, -0.25) is 0 Å². The molecule has 0 bridgehead atoms. The first-order valence-electron chi connectivity index (χ1n) is 5.24. The maximum Gasteiger partial charge on any atom is 0.333 e. The molecule has 0 radical (unpaired) electrons. The highest BCUT2D eigenvalue weighted by atomic mass is 16.7. The predicted octanol–water partition coefficient (Wildman–Crippen LogP) is 2.35. The number of carbonyl (C=O) groups excluding carboxylic acids is 2. The van der Waals surface area contributed by atoms with E-state index in [0.717, 1.165) is 18.6 Å². The van der Waals surface area contributed by atoms with Crippen molar-refractivity contribution in [2.45, 2.75) is 38.9 Å². The van der Waals surface area contributed by atoms with Crippen LogP contribution in [0.5, 0.6) is 0 Å². The number of esters is 2. The van der Waals surface area contributed by atoms with Crippen LogP contribution in [-0.4, -0.2) is 17.7 Å². The molecule has 0 aliphatic heterocycles. The second-order valence-electron chi connectivity index (χ2n) is 3.26. The molecule has 0 atom stereocenters. The average molecular weight is 226 g/mol. The number of ether oxygens (including phenoxy) is 2. The molecule has 4 heteroatoms. The van der Waals surface area contributed by atoms with Crippen LogP contribution in [0.15, 0.2) is 25.3 Å². The standard InChI is InChI=1S/C12H18O4/c1-5-9-12(8-4,15-10(13)6-2)16-11(14)7-3/h6-7H,2-3,5,8-9H2,1,4H3. The van der Waals surface area contributed by atoms with Crippen molar-refractivity contribution >= 4 is 11.9 Å². The van der Waals surface area contributed by atoms with Gasteiger partial charge in [0.1, 0.15) is 0 Å². The summed E-state index contributed by atoms with van der Waals surface area (Å²) in [6.07, 6.45) is 3.65. The van der Waals surface area contributed by atoms with E-state index in [4.69, 9.17) is 9.47 Å². The predicted molar refractivity (Wildman–Crippen MR) is 60.5 cm³/mol. The Balaban J connectivity index is 4.81. The Morgan fingerprint density at radius 3 is 1.81 bits per heavy atom. The lowest BCUT2D eigenvalue weighted by Crippen LogP contribution is -2.38. The number of hydrogen-bond acceptors (Lipinski definition) is 4. The van der Waals surface area contributed by atoms with Crippen LogP contribution in [0.3, 0.4) is 0 Å². The monoisotopic (exact) mass is 226 g/mol. The number of rotatable bonds is 7. The van der Waals surface area contributed by atoms with Gasteiger partial charge in [-0.15, -0.1) is 0 Å². The fraction of sp³-hybridized carbons (Fsp3) is 0.500. The molecule has 0 saturated carbocycles. The summed E-state index contributed by atoms with van der Waals surface area (Å²) in [4.78, 5) is 22.3. The summed E-state index contributed by atoms with van der Waals surface area (Å²) in [7, 11) is 0. The second-order valence-corrected chi connectivity index (χ2v) is 3.26. The maximum atomic E-state index is 11.2. The van der Waals surface area contributed by atoms with Crippen LogP contribution >= 0.6 is 0 Å². The van der Waals surface area contributed by atoms with E-state index in [1.165, 1.54) is 0 Å². The molecule has 16 heavy (non-hydrogen) atoms. The largest absolute Gasteiger partial charge is 0.419 e. The Kier molecular flexibility index (Phi) is 6.15. The third kappa shape index (κ3) is 4.29. The number of carbonyl (C=O) groups is 2. The summed E-state index contributed by atoms with van der Waals surface area (Å²) in [5.74, 6) is -2.41. The van der Waals surface area contributed by atoms with Gasteiger partial charge >= 0.3 is 11.9 Å². The minimum Gasteiger partial charge on any atom is -0.419 e. The van der Waals surface area contributed by atoms with Crippen LogP contribution in [0.4, 0.5) is 0 Å². The Morgan fingerprint density at radius 1 is 1.12 bits per heavy atom. The molecule has 4 nitrogen and oxygen atoms in total. The molecular weight excluding hydrogens is 208 g/mol. The van der Waals surface area contributed by atoms with Crippen molar-refractivity contribution in [3.8, 4) is 0 Å². The SMILES string of the molecule is C=CC(=O)OC(CC)(CCC)OC(=O)C=C. The van der Waals surface area contributed by atoms with Crippen molar-refractivity contribution in [3.05, 3.63) is 25.3 Å². The van der Waals surface area contributed by atoms with E-state index >= 15 is 0 Å². The highest BCUT2D eigenvalue weighted by molar-refractivity contribution is 5.83. The Hall–Kier alpha value is -1.58. The molecule has 0 unspecified atom stereocenters. The van der Waals surface area contributed by atoms with Gasteiger partial charge in [0, 0.05) is 25.0 Å². The van der Waals surface area contributed by atoms with Crippen molar-refractivity contribution in [2.75, 3.05) is 0 Å². The quantitative estimate of drug-likeness (QED) is 0.380. The summed E-state index contributed by atoms with van der Waals surface area (Å²) < 4.78 is 10.2. The van der Waals surface area contributed by atoms with Crippen LogP contribution in [-0.2, 0) is 19.1 Å². The third-order valence-electron chi connectivity index (χ3n) is 2.08. The zero-order valence-corrected chi connectivity index (χ0v) is 9.82. The summed E-state index contributed by atoms with van der Waals surface area (Å²) >= 11 is 0. The van der Waals surface area contributed by atoms with Crippen LogP contribution in [0.25, 0.3) is 0 Å². The van der Waals surface area contributed by atoms with Gasteiger partial charge in [-0.25, -0.2) is 9.59 Å². The highest BCUT2D eigenvalue weighted by Crippen LogP contribution is 2.25. The molecule has 0 amide bonds. The summed E-state index contributed by atoms with van der Waals surface area (Å²) in [6, 6.07) is 0. The van der Waals surface area contributed by atoms with Gasteiger partial charge < -0.3 is 9.47 Å². The molecule has 0 aromatic rings. The first kappa shape index (κ1) is 14.4. The molecule has 0 aromatic heterocycles. The average Bonchev–Trinajstić information content (AvgIpc) is 2.28. The zero-order chi connectivity index (χ0) is 12.6. The van der Waals surface area contributed by atoms with Gasteiger partial charge in [0.15, 0.2) is 0 Å². The van der Waals surface area contributed by atoms with Gasteiger partial charge in [0.25, 0.3) is 5.79 Å². The summed E-state index contributed by atoms with van der Waals surface area (Å²) in [5.41, 5.74) is 0. The van der Waals surface area contributed by atoms with Gasteiger partial charge in [0.2, 0.25) is 0 Å². The Morgan fingerprint density at radius 2 is 1.56 bits per heavy atom. The van der Waals surface area contributed by atoms with Crippen molar-refractivity contribution in [3.63, 3.8) is 0 Å². The van der Waals surface area contributed by atoms with Crippen LogP contribution in [0.2, 0.25) is 0 Å². The van der Waals surface area contributed by atoms with Crippen molar-refractivity contribution < 1.29 is 19.1 Å². The molecule has 0 N–H and O–H groups in total. The molecule has 0 aliphatic rings. The highest BCUT2D eigenvalue weighted by Gasteiger charge is 2.34. The zero-order valence-electron chi connectivity index (χ0n) is 9.82. The Labute approximate surface area is 95.9 Å². The second kappa shape index (κ2) is 6.82. The lowest BCUT2D eigenvalue weighted by atomic mass is 10.1. The summed E-state index contributed by atoms with van der Waals surface area (Å²) in [5, 5.41) is 0. The van der Waals surface area contributed by atoms with E-state index in [0.29, 0.717) is 12.8 Å². The van der Waals surface area contributed by atoms with Gasteiger partial charge in [0.05, 0.1) is 0 Å². The van der Waals surface area contributed by atoms with E-state index in [-0.39, 0.29) is 0 Å². The normalized spacial score (nSPS) is 10.4. The molecule has 0 aliphatic carbocycles. The molecule has 0 fully saturated rings. The van der Waals surface area contributed by atoms with Crippen LogP contribution in [0, 0.1) is 0 Å². The van der Waals surface area contributed by atoms with Gasteiger partial charge in [-0.1, -0.05) is 27.0 Å².